The second-order valence-corrected chi connectivity index (χ2v) is 8.10. The maximum absolute atomic E-state index is 12.5. The maximum atomic E-state index is 12.5. The third kappa shape index (κ3) is 5.40. The average molecular weight is 410 g/mol. The summed E-state index contributed by atoms with van der Waals surface area (Å²) in [5.41, 5.74) is 2.27. The monoisotopic (exact) mass is 409 g/mol. The van der Waals surface area contributed by atoms with Crippen LogP contribution in [0.2, 0.25) is 0 Å². The van der Waals surface area contributed by atoms with Gasteiger partial charge in [-0.25, -0.2) is 0 Å². The van der Waals surface area contributed by atoms with Crippen molar-refractivity contribution in [2.45, 2.75) is 13.0 Å². The Balaban J connectivity index is 1.18. The van der Waals surface area contributed by atoms with Crippen LogP contribution in [0.4, 0.5) is 0 Å². The normalized spacial score (nSPS) is 21.5. The molecule has 1 fully saturated rings. The van der Waals surface area contributed by atoms with Gasteiger partial charge in [0.25, 0.3) is 5.91 Å². The van der Waals surface area contributed by atoms with Crippen molar-refractivity contribution >= 4 is 12.0 Å². The lowest BCUT2D eigenvalue weighted by atomic mass is 10.1. The van der Waals surface area contributed by atoms with Crippen LogP contribution in [-0.2, 0) is 4.79 Å². The molecule has 2 aliphatic rings. The molecule has 6 heteroatoms. The molecular weight excluding hydrogens is 378 g/mol. The van der Waals surface area contributed by atoms with E-state index < -0.39 is 0 Å². The van der Waals surface area contributed by atoms with Crippen LogP contribution >= 0.6 is 0 Å². The fraction of sp³-hybridized carbons (Fsp3) is 0.375. The van der Waals surface area contributed by atoms with Crippen molar-refractivity contribution in [1.82, 2.24) is 5.32 Å². The average Bonchev–Trinajstić information content (AvgIpc) is 3.23. The van der Waals surface area contributed by atoms with Crippen LogP contribution in [0.15, 0.2) is 54.6 Å². The Morgan fingerprint density at radius 3 is 2.57 bits per heavy atom. The van der Waals surface area contributed by atoms with Gasteiger partial charge in [-0.1, -0.05) is 42.5 Å². The van der Waals surface area contributed by atoms with Crippen LogP contribution in [0.25, 0.3) is 6.08 Å². The first kappa shape index (κ1) is 20.4. The van der Waals surface area contributed by atoms with Crippen molar-refractivity contribution in [2.24, 2.45) is 0 Å². The zero-order valence-electron chi connectivity index (χ0n) is 17.5. The summed E-state index contributed by atoms with van der Waals surface area (Å²) in [5.74, 6) is 1.61. The molecule has 0 aliphatic carbocycles. The van der Waals surface area contributed by atoms with E-state index >= 15 is 0 Å². The number of carbonyl (C=O) groups is 1. The number of nitrogens with one attached hydrogen (secondary N) is 3. The molecule has 4 rings (SSSR count). The molecule has 1 saturated heterocycles. The summed E-state index contributed by atoms with van der Waals surface area (Å²) in [5, 5.41) is 3.12. The fourth-order valence-corrected chi connectivity index (χ4v) is 4.05. The van der Waals surface area contributed by atoms with Crippen molar-refractivity contribution in [3.63, 3.8) is 0 Å². The highest BCUT2D eigenvalue weighted by atomic mass is 16.7. The van der Waals surface area contributed by atoms with E-state index in [1.807, 2.05) is 31.2 Å². The number of amides is 1. The third-order valence-electron chi connectivity index (χ3n) is 5.87. The van der Waals surface area contributed by atoms with Gasteiger partial charge in [0.15, 0.2) is 18.0 Å². The van der Waals surface area contributed by atoms with Gasteiger partial charge in [0.2, 0.25) is 6.79 Å². The number of quaternary nitrogens is 2. The van der Waals surface area contributed by atoms with Gasteiger partial charge in [0, 0.05) is 0 Å². The van der Waals surface area contributed by atoms with Crippen molar-refractivity contribution in [2.75, 3.05) is 46.1 Å². The topological polar surface area (TPSA) is 56.4 Å². The molecule has 0 saturated carbocycles. The first-order valence-electron chi connectivity index (χ1n) is 10.7. The van der Waals surface area contributed by atoms with Crippen LogP contribution < -0.4 is 24.6 Å². The van der Waals surface area contributed by atoms with Gasteiger partial charge in [-0.2, -0.15) is 0 Å². The van der Waals surface area contributed by atoms with Gasteiger partial charge < -0.3 is 24.6 Å². The fourth-order valence-electron chi connectivity index (χ4n) is 4.05. The molecular formula is C24H31N3O3+2. The minimum atomic E-state index is -0.0542. The molecule has 2 aromatic rings. The minimum absolute atomic E-state index is 0.0542. The van der Waals surface area contributed by atoms with E-state index in [0.29, 0.717) is 6.54 Å². The Bertz CT molecular complexity index is 877. The minimum Gasteiger partial charge on any atom is -0.454 e. The lowest BCUT2D eigenvalue weighted by Crippen LogP contribution is -3.28. The van der Waals surface area contributed by atoms with E-state index in [1.165, 1.54) is 10.5 Å². The van der Waals surface area contributed by atoms with Crippen LogP contribution in [0, 0.1) is 0 Å². The zero-order valence-corrected chi connectivity index (χ0v) is 17.5. The van der Waals surface area contributed by atoms with Crippen LogP contribution in [0.5, 0.6) is 11.5 Å². The second-order valence-electron chi connectivity index (χ2n) is 8.10. The molecule has 2 heterocycles. The van der Waals surface area contributed by atoms with E-state index in [0.717, 1.165) is 49.8 Å². The third-order valence-corrected chi connectivity index (χ3v) is 5.87. The highest BCUT2D eigenvalue weighted by Crippen LogP contribution is 2.34. The molecule has 0 spiro atoms. The predicted molar refractivity (Wildman–Crippen MR) is 116 cm³/mol. The van der Waals surface area contributed by atoms with Gasteiger partial charge in [-0.05, 0) is 36.3 Å². The Morgan fingerprint density at radius 1 is 1.03 bits per heavy atom. The quantitative estimate of drug-likeness (QED) is 0.608. The smallest absolute Gasteiger partial charge is 0.275 e. The van der Waals surface area contributed by atoms with Crippen LogP contribution in [-0.4, -0.2) is 52.0 Å². The molecule has 0 aromatic heterocycles. The van der Waals surface area contributed by atoms with Crippen LogP contribution in [0.3, 0.4) is 0 Å². The number of benzene rings is 2. The lowest BCUT2D eigenvalue weighted by Gasteiger charge is -2.29. The molecule has 3 N–H and O–H groups in total. The predicted octanol–water partition coefficient (Wildman–Crippen LogP) is 0.0893. The number of piperazine rings is 1. The number of hydrogen-bond donors (Lipinski definition) is 3. The molecule has 2 aliphatic heterocycles. The molecule has 6 nitrogen and oxygen atoms in total. The number of carbonyl (C=O) groups excluding carboxylic acids is 1. The Kier molecular flexibility index (Phi) is 6.67. The first-order chi connectivity index (χ1) is 14.7. The number of rotatable bonds is 7. The van der Waals surface area contributed by atoms with Gasteiger partial charge in [-0.15, -0.1) is 0 Å². The Hall–Kier alpha value is -2.83. The molecule has 1 atom stereocenters. The molecule has 30 heavy (non-hydrogen) atoms. The van der Waals surface area contributed by atoms with E-state index in [1.54, 1.807) is 4.90 Å². The van der Waals surface area contributed by atoms with Gasteiger partial charge in [-0.3, -0.25) is 4.79 Å². The van der Waals surface area contributed by atoms with Crippen molar-refractivity contribution < 1.29 is 24.1 Å². The summed E-state index contributed by atoms with van der Waals surface area (Å²) >= 11 is 0. The molecule has 2 aromatic carbocycles. The highest BCUT2D eigenvalue weighted by Gasteiger charge is 2.25. The lowest BCUT2D eigenvalue weighted by molar-refractivity contribution is -1.01. The summed E-state index contributed by atoms with van der Waals surface area (Å²) < 4.78 is 10.8. The summed E-state index contributed by atoms with van der Waals surface area (Å²) in [4.78, 5) is 15.5. The summed E-state index contributed by atoms with van der Waals surface area (Å²) in [6.07, 6.45) is 4.45. The standard InChI is InChI=1S/C24H29N3O3/c1-19(21-9-10-22-23(16-21)30-18-29-22)25-24(28)17-27-14-12-26(13-15-27)11-5-8-20-6-3-2-4-7-20/h2-10,16,19H,11-15,17-18H2,1H3,(H,25,28)/p+2/b8-5+/t19-/m1/s1. The van der Waals surface area contributed by atoms with Crippen molar-refractivity contribution in [1.29, 1.82) is 0 Å². The molecule has 0 unspecified atom stereocenters. The number of fused-ring (bicyclic) bond motifs is 1. The molecule has 0 radical (unpaired) electrons. The Morgan fingerprint density at radius 2 is 1.77 bits per heavy atom. The summed E-state index contributed by atoms with van der Waals surface area (Å²) in [6, 6.07) is 16.2. The zero-order chi connectivity index (χ0) is 20.8. The molecule has 1 amide bonds. The Labute approximate surface area is 178 Å². The highest BCUT2D eigenvalue weighted by molar-refractivity contribution is 5.77. The maximum Gasteiger partial charge on any atom is 0.275 e. The first-order valence-corrected chi connectivity index (χ1v) is 10.7. The van der Waals surface area contributed by atoms with Crippen molar-refractivity contribution in [3.05, 3.63) is 65.7 Å². The second kappa shape index (κ2) is 9.78. The van der Waals surface area contributed by atoms with Gasteiger partial charge in [0.1, 0.15) is 26.2 Å². The SMILES string of the molecule is C[C@@H](NC(=O)C[NH+]1CC[NH+](C/C=C/c2ccccc2)CC1)c1ccc2c(c1)OCO2. The molecule has 0 bridgehead atoms. The van der Waals surface area contributed by atoms with Crippen LogP contribution in [0.1, 0.15) is 24.1 Å². The number of hydrogen-bond acceptors (Lipinski definition) is 3. The van der Waals surface area contributed by atoms with E-state index in [2.05, 4.69) is 41.7 Å². The van der Waals surface area contributed by atoms with Gasteiger partial charge in [0.05, 0.1) is 12.6 Å². The summed E-state index contributed by atoms with van der Waals surface area (Å²) in [6.45, 7) is 8.09. The molecule has 158 valence electrons. The number of ether oxygens (including phenoxy) is 2. The van der Waals surface area contributed by atoms with E-state index in [-0.39, 0.29) is 18.7 Å². The van der Waals surface area contributed by atoms with Crippen molar-refractivity contribution in [3.8, 4) is 11.5 Å². The van der Waals surface area contributed by atoms with E-state index in [4.69, 9.17) is 9.47 Å². The van der Waals surface area contributed by atoms with Gasteiger partial charge >= 0.3 is 0 Å². The largest absolute Gasteiger partial charge is 0.454 e. The summed E-state index contributed by atoms with van der Waals surface area (Å²) in [7, 11) is 0. The van der Waals surface area contributed by atoms with E-state index in [9.17, 15) is 4.79 Å².